The molecule has 0 aliphatic carbocycles. The van der Waals surface area contributed by atoms with E-state index in [-0.39, 0.29) is 94.0 Å². The normalized spacial score (nSPS) is 11.7. The number of esters is 2. The van der Waals surface area contributed by atoms with E-state index in [4.69, 9.17) is 79.5 Å². The first-order chi connectivity index (χ1) is 41.6. The standard InChI is InChI=1S/C21H21N3O4.C20H19N3O4.C14H16ClN3O2.C7H7BO4.2CH4.Na.H2O/c1-12(2)24(3)20-19(13-6-8-17-18(10-13)28-11-27-17)22-15-7-5-14(21(25)26-4)9-16(15)23-20;1-11(2)23(3)19-18(12-5-7-16-17(9-12)27-10-26-16)21-14-6-4-13(20(24)25)8-15(14)22-19;1-8(2)18(3)13-12(15)16-10-6-5-9(14(19)20-4)7-11(10)17-13;9-8(10)5-1-2-6-7(3-5)12-4-11-6;;;;/h5-10,12H,11H2,1-4H3;4-9,11H,10H2,1-3H3,(H,24,25);5-8H,1-4H3;1-3,9-10H,4H2;2*1H4;;1H2/q;;;;;;+1;/p-1. The predicted molar refractivity (Wildman–Crippen MR) is 345 cm³/mol. The number of nitrogens with zero attached hydrogens (tertiary/aromatic N) is 9. The van der Waals surface area contributed by atoms with E-state index in [1.807, 2.05) is 81.2 Å². The van der Waals surface area contributed by atoms with E-state index in [9.17, 15) is 19.5 Å². The zero-order chi connectivity index (χ0) is 62.4. The molecule has 4 N–H and O–H groups in total. The van der Waals surface area contributed by atoms with Crippen molar-refractivity contribution in [3.8, 4) is 57.0 Å². The number of rotatable bonds is 12. The minimum atomic E-state index is -1.46. The zero-order valence-electron chi connectivity index (χ0n) is 51.0. The first kappa shape index (κ1) is 72.9. The van der Waals surface area contributed by atoms with Gasteiger partial charge < -0.3 is 73.2 Å². The first-order valence-corrected chi connectivity index (χ1v) is 27.8. The van der Waals surface area contributed by atoms with Crippen molar-refractivity contribution in [3.05, 3.63) is 131 Å². The van der Waals surface area contributed by atoms with Crippen molar-refractivity contribution in [3.63, 3.8) is 0 Å². The smallest absolute Gasteiger partial charge is 0.870 e. The number of hydrogen-bond donors (Lipinski definition) is 3. The summed E-state index contributed by atoms with van der Waals surface area (Å²) in [5.41, 5.74) is 8.43. The second-order valence-corrected chi connectivity index (χ2v) is 21.1. The molecular weight excluding hydrogens is 1200 g/mol. The minimum Gasteiger partial charge on any atom is -0.870 e. The van der Waals surface area contributed by atoms with Crippen LogP contribution in [0.5, 0.6) is 34.5 Å². The molecule has 27 heteroatoms. The summed E-state index contributed by atoms with van der Waals surface area (Å²) in [4.78, 5) is 68.7. The van der Waals surface area contributed by atoms with Gasteiger partial charge in [-0.2, -0.15) is 0 Å². The van der Waals surface area contributed by atoms with Gasteiger partial charge in [0, 0.05) is 50.4 Å². The van der Waals surface area contributed by atoms with Crippen LogP contribution in [0.2, 0.25) is 5.15 Å². The summed E-state index contributed by atoms with van der Waals surface area (Å²) in [6, 6.07) is 31.8. The Morgan fingerprint density at radius 3 is 1.20 bits per heavy atom. The van der Waals surface area contributed by atoms with E-state index in [1.54, 1.807) is 66.7 Å². The number of carbonyl (C=O) groups excluding carboxylic acids is 2. The first-order valence-electron chi connectivity index (χ1n) is 27.4. The Morgan fingerprint density at radius 1 is 0.473 bits per heavy atom. The number of ether oxygens (including phenoxy) is 8. The van der Waals surface area contributed by atoms with E-state index in [2.05, 4.69) is 42.6 Å². The molecule has 474 valence electrons. The quantitative estimate of drug-likeness (QED) is 0.0796. The van der Waals surface area contributed by atoms with Gasteiger partial charge in [0.25, 0.3) is 0 Å². The Bertz CT molecular complexity index is 4070. The number of carbonyl (C=O) groups is 3. The Morgan fingerprint density at radius 2 is 0.813 bits per heavy atom. The van der Waals surface area contributed by atoms with Crippen molar-refractivity contribution >= 4 is 92.6 Å². The third-order valence-corrected chi connectivity index (χ3v) is 14.6. The van der Waals surface area contributed by atoms with Crippen LogP contribution in [0.1, 0.15) is 87.5 Å². The molecule has 91 heavy (non-hydrogen) atoms. The molecule has 3 aliphatic rings. The van der Waals surface area contributed by atoms with Crippen molar-refractivity contribution in [2.45, 2.75) is 74.5 Å². The summed E-state index contributed by atoms with van der Waals surface area (Å²) >= 11 is 6.16. The number of carboxylic acid groups (broad SMARTS) is 1. The van der Waals surface area contributed by atoms with Gasteiger partial charge in [-0.15, -0.1) is 0 Å². The van der Waals surface area contributed by atoms with Crippen LogP contribution in [0.15, 0.2) is 109 Å². The molecule has 0 fully saturated rings. The molecule has 0 amide bonds. The Hall–Kier alpha value is -8.82. The van der Waals surface area contributed by atoms with Gasteiger partial charge in [-0.05, 0) is 150 Å². The topological polar surface area (TPSA) is 303 Å². The van der Waals surface area contributed by atoms with Gasteiger partial charge in [-0.25, -0.2) is 44.3 Å². The Labute approximate surface area is 554 Å². The van der Waals surface area contributed by atoms with Crippen molar-refractivity contribution in [2.75, 3.05) is 70.4 Å². The average Bonchev–Trinajstić information content (AvgIpc) is 2.16. The van der Waals surface area contributed by atoms with Gasteiger partial charge in [0.05, 0.1) is 64.0 Å². The maximum atomic E-state index is 11.9. The average molecular weight is 1280 g/mol. The fourth-order valence-corrected chi connectivity index (χ4v) is 9.00. The van der Waals surface area contributed by atoms with Crippen molar-refractivity contribution in [1.29, 1.82) is 0 Å². The summed E-state index contributed by atoms with van der Waals surface area (Å²) in [5.74, 6) is 4.20. The molecule has 0 radical (unpaired) electrons. The molecular formula is C64H72BClN9NaO15. The van der Waals surface area contributed by atoms with Crippen molar-refractivity contribution < 1.29 is 102 Å². The van der Waals surface area contributed by atoms with E-state index in [1.165, 1.54) is 20.3 Å². The second kappa shape index (κ2) is 31.8. The fourth-order valence-electron chi connectivity index (χ4n) is 8.73. The van der Waals surface area contributed by atoms with Gasteiger partial charge in [-0.3, -0.25) is 0 Å². The number of benzene rings is 6. The van der Waals surface area contributed by atoms with Crippen LogP contribution in [-0.2, 0) is 9.47 Å². The molecule has 0 unspecified atom stereocenters. The Balaban J connectivity index is 0.000000225. The van der Waals surface area contributed by atoms with E-state index < -0.39 is 25.0 Å². The number of fused-ring (bicyclic) bond motifs is 6. The maximum Gasteiger partial charge on any atom is 1.00 e. The van der Waals surface area contributed by atoms with Gasteiger partial charge in [0.2, 0.25) is 20.4 Å². The molecule has 12 rings (SSSR count). The monoisotopic (exact) mass is 1280 g/mol. The number of methoxy groups -OCH3 is 2. The molecule has 3 aromatic heterocycles. The molecule has 3 aliphatic heterocycles. The Kier molecular flexibility index (Phi) is 25.5. The third kappa shape index (κ3) is 16.6. The summed E-state index contributed by atoms with van der Waals surface area (Å²) in [6.07, 6.45) is 0. The van der Waals surface area contributed by atoms with Crippen LogP contribution in [-0.4, -0.2) is 149 Å². The number of halogens is 1. The number of aromatic carboxylic acids is 1. The van der Waals surface area contributed by atoms with Gasteiger partial charge in [0.1, 0.15) is 11.4 Å². The van der Waals surface area contributed by atoms with Gasteiger partial charge in [-0.1, -0.05) is 32.5 Å². The number of anilines is 3. The molecule has 9 aromatic rings. The summed E-state index contributed by atoms with van der Waals surface area (Å²) in [6.45, 7) is 13.0. The molecule has 0 saturated heterocycles. The molecule has 6 heterocycles. The van der Waals surface area contributed by atoms with Crippen LogP contribution in [0.3, 0.4) is 0 Å². The van der Waals surface area contributed by atoms with Crippen molar-refractivity contribution in [1.82, 2.24) is 29.9 Å². The zero-order valence-corrected chi connectivity index (χ0v) is 53.8. The van der Waals surface area contributed by atoms with Crippen LogP contribution >= 0.6 is 11.6 Å². The van der Waals surface area contributed by atoms with Crippen LogP contribution in [0.25, 0.3) is 55.6 Å². The van der Waals surface area contributed by atoms with Gasteiger partial charge >= 0.3 is 54.6 Å². The van der Waals surface area contributed by atoms with E-state index >= 15 is 0 Å². The van der Waals surface area contributed by atoms with Crippen LogP contribution in [0.4, 0.5) is 17.5 Å². The molecule has 0 bridgehead atoms. The van der Waals surface area contributed by atoms with Gasteiger partial charge in [0.15, 0.2) is 57.1 Å². The number of aromatic nitrogens is 6. The van der Waals surface area contributed by atoms with Crippen LogP contribution in [0, 0.1) is 0 Å². The third-order valence-electron chi connectivity index (χ3n) is 14.3. The summed E-state index contributed by atoms with van der Waals surface area (Å²) in [7, 11) is 7.06. The molecule has 0 saturated carbocycles. The maximum absolute atomic E-state index is 11.9. The predicted octanol–water partition coefficient (Wildman–Crippen LogP) is 7.33. The molecule has 24 nitrogen and oxygen atoms in total. The van der Waals surface area contributed by atoms with Crippen LogP contribution < -0.4 is 78.1 Å². The SMILES string of the molecule is C.C.CC(C)N(C)c1nc2cc(C(=O)O)ccc2nc1-c1ccc2c(c1)OCO2.COC(=O)c1ccc2nc(-c3ccc4c(c3)OCO4)c(N(C)C(C)C)nc2c1.COC(=O)c1ccc2nc(Cl)c(N(C)C(C)C)nc2c1.OB(O)c1ccc2c(c1)OCO2.[Na+].[OH-]. The molecule has 0 spiro atoms. The van der Waals surface area contributed by atoms with E-state index in [0.29, 0.717) is 101 Å². The van der Waals surface area contributed by atoms with Crippen molar-refractivity contribution in [2.24, 2.45) is 0 Å². The molecule has 0 atom stereocenters. The summed E-state index contributed by atoms with van der Waals surface area (Å²) in [5, 5.41) is 27.2. The summed E-state index contributed by atoms with van der Waals surface area (Å²) < 4.78 is 41.4. The largest absolute Gasteiger partial charge is 1.00 e. The van der Waals surface area contributed by atoms with E-state index in [0.717, 1.165) is 28.4 Å². The minimum absolute atomic E-state index is 0. The molecule has 6 aromatic carbocycles. The fraction of sp³-hybridized carbons (Fsp3) is 0.297. The number of hydrogen-bond acceptors (Lipinski definition) is 23. The number of carboxylic acids is 1. The second-order valence-electron chi connectivity index (χ2n) is 20.8.